The second kappa shape index (κ2) is 4.43. The number of hydrogen-bond donors (Lipinski definition) is 1. The van der Waals surface area contributed by atoms with Crippen molar-refractivity contribution in [3.63, 3.8) is 0 Å². The van der Waals surface area contributed by atoms with Gasteiger partial charge in [0.05, 0.1) is 0 Å². The molecular formula is C11H21NO. The van der Waals surface area contributed by atoms with E-state index in [1.165, 1.54) is 32.4 Å². The Morgan fingerprint density at radius 3 is 2.62 bits per heavy atom. The first kappa shape index (κ1) is 9.47. The molecule has 0 bridgehead atoms. The summed E-state index contributed by atoms with van der Waals surface area (Å²) in [7, 11) is 0. The number of piperidine rings is 1. The second-order valence-electron chi connectivity index (χ2n) is 4.58. The van der Waals surface area contributed by atoms with Gasteiger partial charge < -0.3 is 10.1 Å². The molecule has 2 atom stereocenters. The molecule has 0 saturated carbocycles. The lowest BCUT2D eigenvalue weighted by Crippen LogP contribution is -2.40. The summed E-state index contributed by atoms with van der Waals surface area (Å²) in [6, 6.07) is 0. The molecule has 2 unspecified atom stereocenters. The summed E-state index contributed by atoms with van der Waals surface area (Å²) < 4.78 is 5.41. The Labute approximate surface area is 81.0 Å². The van der Waals surface area contributed by atoms with Crippen LogP contribution in [0.15, 0.2) is 0 Å². The highest BCUT2D eigenvalue weighted by Crippen LogP contribution is 2.33. The molecular weight excluding hydrogens is 162 g/mol. The fourth-order valence-corrected chi connectivity index (χ4v) is 2.88. The van der Waals surface area contributed by atoms with Crippen molar-refractivity contribution >= 4 is 0 Å². The fraction of sp³-hybridized carbons (Fsp3) is 1.00. The highest BCUT2D eigenvalue weighted by molar-refractivity contribution is 4.81. The van der Waals surface area contributed by atoms with E-state index < -0.39 is 0 Å². The molecule has 2 heterocycles. The van der Waals surface area contributed by atoms with E-state index in [1.54, 1.807) is 0 Å². The quantitative estimate of drug-likeness (QED) is 0.667. The van der Waals surface area contributed by atoms with E-state index in [4.69, 9.17) is 4.74 Å². The Bertz CT molecular complexity index is 154. The highest BCUT2D eigenvalue weighted by atomic mass is 16.5. The molecule has 0 amide bonds. The maximum absolute atomic E-state index is 5.41. The van der Waals surface area contributed by atoms with Gasteiger partial charge >= 0.3 is 0 Å². The van der Waals surface area contributed by atoms with Gasteiger partial charge in [-0.1, -0.05) is 6.92 Å². The maximum atomic E-state index is 5.41. The lowest BCUT2D eigenvalue weighted by Gasteiger charge is -2.37. The Hall–Kier alpha value is -0.0800. The van der Waals surface area contributed by atoms with Gasteiger partial charge in [-0.3, -0.25) is 0 Å². The normalized spacial score (nSPS) is 37.6. The third-order valence-electron chi connectivity index (χ3n) is 3.72. The van der Waals surface area contributed by atoms with Gasteiger partial charge in [0.25, 0.3) is 0 Å². The van der Waals surface area contributed by atoms with Crippen LogP contribution < -0.4 is 5.32 Å². The van der Waals surface area contributed by atoms with Crippen molar-refractivity contribution in [2.24, 2.45) is 17.8 Å². The van der Waals surface area contributed by atoms with Crippen LogP contribution in [0, 0.1) is 17.8 Å². The van der Waals surface area contributed by atoms with Gasteiger partial charge in [0.1, 0.15) is 0 Å². The van der Waals surface area contributed by atoms with Crippen molar-refractivity contribution in [3.05, 3.63) is 0 Å². The monoisotopic (exact) mass is 183 g/mol. The lowest BCUT2D eigenvalue weighted by molar-refractivity contribution is 0.0288. The Morgan fingerprint density at radius 1 is 1.15 bits per heavy atom. The van der Waals surface area contributed by atoms with Crippen LogP contribution >= 0.6 is 0 Å². The van der Waals surface area contributed by atoms with Gasteiger partial charge in [0.2, 0.25) is 0 Å². The zero-order valence-corrected chi connectivity index (χ0v) is 8.59. The molecule has 76 valence electrons. The standard InChI is InChI=1S/C11H21NO/c1-9-8-12-5-2-11(9)10-3-6-13-7-4-10/h9-12H,2-8H2,1H3. The van der Waals surface area contributed by atoms with Crippen molar-refractivity contribution in [2.45, 2.75) is 26.2 Å². The summed E-state index contributed by atoms with van der Waals surface area (Å²) >= 11 is 0. The first-order chi connectivity index (χ1) is 6.38. The molecule has 0 aliphatic carbocycles. The van der Waals surface area contributed by atoms with Gasteiger partial charge in [0.15, 0.2) is 0 Å². The van der Waals surface area contributed by atoms with Crippen molar-refractivity contribution in [1.82, 2.24) is 5.32 Å². The molecule has 2 saturated heterocycles. The zero-order valence-electron chi connectivity index (χ0n) is 8.59. The Morgan fingerprint density at radius 2 is 1.92 bits per heavy atom. The number of nitrogens with one attached hydrogen (secondary N) is 1. The summed E-state index contributed by atoms with van der Waals surface area (Å²) in [5.41, 5.74) is 0. The van der Waals surface area contributed by atoms with E-state index in [2.05, 4.69) is 12.2 Å². The van der Waals surface area contributed by atoms with Crippen LogP contribution in [-0.4, -0.2) is 26.3 Å². The zero-order chi connectivity index (χ0) is 9.10. The molecule has 2 aliphatic rings. The van der Waals surface area contributed by atoms with Crippen molar-refractivity contribution in [3.8, 4) is 0 Å². The molecule has 0 spiro atoms. The van der Waals surface area contributed by atoms with Crippen LogP contribution in [-0.2, 0) is 4.74 Å². The predicted octanol–water partition coefficient (Wildman–Crippen LogP) is 1.66. The van der Waals surface area contributed by atoms with E-state index in [-0.39, 0.29) is 0 Å². The van der Waals surface area contributed by atoms with Crippen LogP contribution in [0.1, 0.15) is 26.2 Å². The van der Waals surface area contributed by atoms with E-state index in [0.717, 1.165) is 31.0 Å². The Kier molecular flexibility index (Phi) is 3.23. The summed E-state index contributed by atoms with van der Waals surface area (Å²) in [4.78, 5) is 0. The highest BCUT2D eigenvalue weighted by Gasteiger charge is 2.29. The molecule has 0 aromatic carbocycles. The molecule has 0 radical (unpaired) electrons. The van der Waals surface area contributed by atoms with E-state index >= 15 is 0 Å². The van der Waals surface area contributed by atoms with Crippen LogP contribution in [0.25, 0.3) is 0 Å². The maximum Gasteiger partial charge on any atom is 0.0468 e. The summed E-state index contributed by atoms with van der Waals surface area (Å²) in [6.07, 6.45) is 3.98. The minimum Gasteiger partial charge on any atom is -0.381 e. The van der Waals surface area contributed by atoms with Crippen LogP contribution in [0.2, 0.25) is 0 Å². The van der Waals surface area contributed by atoms with Crippen molar-refractivity contribution in [1.29, 1.82) is 0 Å². The van der Waals surface area contributed by atoms with Crippen molar-refractivity contribution < 1.29 is 4.74 Å². The minimum atomic E-state index is 0.872. The van der Waals surface area contributed by atoms with Crippen LogP contribution in [0.5, 0.6) is 0 Å². The van der Waals surface area contributed by atoms with Gasteiger partial charge in [-0.2, -0.15) is 0 Å². The smallest absolute Gasteiger partial charge is 0.0468 e. The molecule has 0 aromatic heterocycles. The van der Waals surface area contributed by atoms with E-state index in [0.29, 0.717) is 0 Å². The fourth-order valence-electron chi connectivity index (χ4n) is 2.88. The molecule has 1 N–H and O–H groups in total. The average Bonchev–Trinajstić information content (AvgIpc) is 2.20. The molecule has 0 aromatic rings. The van der Waals surface area contributed by atoms with Gasteiger partial charge in [0, 0.05) is 13.2 Å². The van der Waals surface area contributed by atoms with Gasteiger partial charge in [-0.25, -0.2) is 0 Å². The average molecular weight is 183 g/mol. The third-order valence-corrected chi connectivity index (χ3v) is 3.72. The number of rotatable bonds is 1. The molecule has 2 aliphatic heterocycles. The van der Waals surface area contributed by atoms with Crippen LogP contribution in [0.4, 0.5) is 0 Å². The second-order valence-corrected chi connectivity index (χ2v) is 4.58. The van der Waals surface area contributed by atoms with E-state index in [9.17, 15) is 0 Å². The minimum absolute atomic E-state index is 0.872. The SMILES string of the molecule is CC1CNCCC1C1CCOCC1. The first-order valence-electron chi connectivity index (χ1n) is 5.66. The molecule has 2 nitrogen and oxygen atoms in total. The molecule has 2 fully saturated rings. The summed E-state index contributed by atoms with van der Waals surface area (Å²) in [5.74, 6) is 2.79. The van der Waals surface area contributed by atoms with E-state index in [1.807, 2.05) is 0 Å². The van der Waals surface area contributed by atoms with Crippen molar-refractivity contribution in [2.75, 3.05) is 26.3 Å². The van der Waals surface area contributed by atoms with Crippen LogP contribution in [0.3, 0.4) is 0 Å². The summed E-state index contributed by atoms with van der Waals surface area (Å²) in [6.45, 7) is 6.85. The third kappa shape index (κ3) is 2.23. The number of ether oxygens (including phenoxy) is 1. The number of hydrogen-bond acceptors (Lipinski definition) is 2. The largest absolute Gasteiger partial charge is 0.381 e. The first-order valence-corrected chi connectivity index (χ1v) is 5.66. The van der Waals surface area contributed by atoms with Gasteiger partial charge in [-0.15, -0.1) is 0 Å². The lowest BCUT2D eigenvalue weighted by atomic mass is 9.75. The Balaban J connectivity index is 1.88. The summed E-state index contributed by atoms with van der Waals surface area (Å²) in [5, 5.41) is 3.47. The molecule has 2 rings (SSSR count). The van der Waals surface area contributed by atoms with Gasteiger partial charge in [-0.05, 0) is 50.1 Å². The molecule has 13 heavy (non-hydrogen) atoms. The predicted molar refractivity (Wildman–Crippen MR) is 53.7 cm³/mol. The molecule has 2 heteroatoms. The topological polar surface area (TPSA) is 21.3 Å².